The maximum absolute atomic E-state index is 13.4. The molecule has 1 saturated carbocycles. The van der Waals surface area contributed by atoms with Crippen LogP contribution in [0.5, 0.6) is 0 Å². The van der Waals surface area contributed by atoms with Crippen molar-refractivity contribution < 1.29 is 13.2 Å². The van der Waals surface area contributed by atoms with Gasteiger partial charge in [0.05, 0.1) is 17.1 Å². The average Bonchev–Trinajstić information content (AvgIpc) is 3.22. The van der Waals surface area contributed by atoms with Crippen molar-refractivity contribution in [1.82, 2.24) is 19.7 Å². The van der Waals surface area contributed by atoms with Crippen molar-refractivity contribution in [2.75, 3.05) is 0 Å². The molecule has 5 rings (SSSR count). The summed E-state index contributed by atoms with van der Waals surface area (Å²) in [5, 5.41) is 5.47. The van der Waals surface area contributed by atoms with Crippen molar-refractivity contribution in [3.05, 3.63) is 52.4 Å². The van der Waals surface area contributed by atoms with Crippen molar-refractivity contribution in [2.24, 2.45) is 0 Å². The second-order valence-electron chi connectivity index (χ2n) is 6.59. The quantitative estimate of drug-likeness (QED) is 0.382. The van der Waals surface area contributed by atoms with Gasteiger partial charge in [-0.1, -0.05) is 0 Å². The molecule has 1 aliphatic rings. The smallest absolute Gasteiger partial charge is 0.231 e. The minimum Gasteiger partial charge on any atom is -0.432 e. The minimum absolute atomic E-state index is 0.0229. The third-order valence-electron chi connectivity index (χ3n) is 4.83. The van der Waals surface area contributed by atoms with Gasteiger partial charge in [0.25, 0.3) is 0 Å². The fourth-order valence-corrected chi connectivity index (χ4v) is 3.87. The first kappa shape index (κ1) is 16.8. The van der Waals surface area contributed by atoms with Gasteiger partial charge >= 0.3 is 0 Å². The van der Waals surface area contributed by atoms with Crippen LogP contribution in [0, 0.1) is 9.58 Å². The molecule has 0 aliphatic heterocycles. The monoisotopic (exact) mass is 478 g/mol. The lowest BCUT2D eigenvalue weighted by molar-refractivity contribution is 0.128. The molecule has 5 nitrogen and oxygen atoms in total. The van der Waals surface area contributed by atoms with Crippen LogP contribution in [-0.2, 0) is 0 Å². The van der Waals surface area contributed by atoms with Crippen LogP contribution in [0.15, 0.2) is 47.3 Å². The Kier molecular flexibility index (Phi) is 3.96. The minimum atomic E-state index is -0.780. The highest BCUT2D eigenvalue weighted by atomic mass is 127. The van der Waals surface area contributed by atoms with E-state index in [4.69, 9.17) is 9.52 Å². The third-order valence-corrected chi connectivity index (χ3v) is 5.37. The molecular weight excluding hydrogens is 465 g/mol. The van der Waals surface area contributed by atoms with Gasteiger partial charge < -0.3 is 4.42 Å². The zero-order chi connectivity index (χ0) is 18.5. The number of rotatable bonds is 3. The summed E-state index contributed by atoms with van der Waals surface area (Å²) in [6, 6.07) is 8.06. The Balaban J connectivity index is 1.70. The number of aromatic nitrogens is 4. The highest BCUT2D eigenvalue weighted by Crippen LogP contribution is 2.39. The molecule has 0 saturated heterocycles. The van der Waals surface area contributed by atoms with Gasteiger partial charge in [-0.25, -0.2) is 18.7 Å². The van der Waals surface area contributed by atoms with Gasteiger partial charge in [0.1, 0.15) is 24.0 Å². The number of hydrogen-bond donors (Lipinski definition) is 0. The third kappa shape index (κ3) is 2.91. The van der Waals surface area contributed by atoms with Crippen molar-refractivity contribution in [2.45, 2.75) is 25.1 Å². The maximum atomic E-state index is 13.4. The molecule has 8 heteroatoms. The van der Waals surface area contributed by atoms with Gasteiger partial charge in [-0.2, -0.15) is 5.10 Å². The Morgan fingerprint density at radius 3 is 2.63 bits per heavy atom. The van der Waals surface area contributed by atoms with Gasteiger partial charge in [0.15, 0.2) is 3.77 Å². The Hall–Kier alpha value is -2.36. The number of furan rings is 1. The number of benzene rings is 1. The van der Waals surface area contributed by atoms with Gasteiger partial charge in [-0.05, 0) is 46.9 Å². The van der Waals surface area contributed by atoms with Crippen LogP contribution in [0.2, 0.25) is 0 Å². The summed E-state index contributed by atoms with van der Waals surface area (Å²) in [4.78, 5) is 8.62. The highest BCUT2D eigenvalue weighted by Gasteiger charge is 2.32. The molecule has 3 aromatic heterocycles. The van der Waals surface area contributed by atoms with Gasteiger partial charge in [0, 0.05) is 36.2 Å². The second-order valence-corrected chi connectivity index (χ2v) is 7.66. The number of hydrogen-bond acceptors (Lipinski definition) is 4. The van der Waals surface area contributed by atoms with E-state index in [0.717, 1.165) is 16.5 Å². The zero-order valence-electron chi connectivity index (χ0n) is 13.9. The topological polar surface area (TPSA) is 56.7 Å². The van der Waals surface area contributed by atoms with Gasteiger partial charge in [-0.15, -0.1) is 0 Å². The summed E-state index contributed by atoms with van der Waals surface area (Å²) < 4.78 is 34.8. The van der Waals surface area contributed by atoms with Crippen molar-refractivity contribution in [1.29, 1.82) is 0 Å². The Morgan fingerprint density at radius 2 is 1.89 bits per heavy atom. The lowest BCUT2D eigenvalue weighted by Gasteiger charge is -2.29. The molecule has 0 spiro atoms. The van der Waals surface area contributed by atoms with E-state index < -0.39 is 6.17 Å². The predicted octanol–water partition coefficient (Wildman–Crippen LogP) is 5.17. The molecule has 27 heavy (non-hydrogen) atoms. The molecule has 1 aromatic carbocycles. The van der Waals surface area contributed by atoms with E-state index in [0.29, 0.717) is 33.7 Å². The molecule has 1 fully saturated rings. The number of fused-ring (bicyclic) bond motifs is 1. The second kappa shape index (κ2) is 6.36. The average molecular weight is 478 g/mol. The molecule has 136 valence electrons. The van der Waals surface area contributed by atoms with E-state index in [9.17, 15) is 8.78 Å². The molecule has 0 amide bonds. The SMILES string of the molecule is Fc1ccc(-c2nn([C@H]3C[C@@H](F)C3)cc2-c2ncnc3oc(I)cc23)cc1. The summed E-state index contributed by atoms with van der Waals surface area (Å²) in [6.45, 7) is 0. The fraction of sp³-hybridized carbons (Fsp3) is 0.211. The molecule has 0 radical (unpaired) electrons. The Bertz CT molecular complexity index is 1130. The van der Waals surface area contributed by atoms with E-state index in [1.54, 1.807) is 16.8 Å². The van der Waals surface area contributed by atoms with E-state index >= 15 is 0 Å². The van der Waals surface area contributed by atoms with Crippen LogP contribution >= 0.6 is 22.6 Å². The summed E-state index contributed by atoms with van der Waals surface area (Å²) in [5.41, 5.74) is 3.41. The molecule has 0 unspecified atom stereocenters. The molecule has 0 bridgehead atoms. The van der Waals surface area contributed by atoms with Crippen LogP contribution in [0.3, 0.4) is 0 Å². The summed E-state index contributed by atoms with van der Waals surface area (Å²) >= 11 is 2.09. The standard InChI is InChI=1S/C19H13F2IN4O/c20-11-3-1-10(2-4-11)17-15(8-26(25-17)13-5-12(21)6-13)18-14-7-16(22)27-19(14)24-9-23-18/h1-4,7-9,12-13H,5-6H2/t12-,13+. The Morgan fingerprint density at radius 1 is 1.11 bits per heavy atom. The van der Waals surface area contributed by atoms with Gasteiger partial charge in [0.2, 0.25) is 5.71 Å². The Labute approximate surface area is 166 Å². The fourth-order valence-electron chi connectivity index (χ4n) is 3.35. The number of nitrogens with zero attached hydrogens (tertiary/aromatic N) is 4. The largest absolute Gasteiger partial charge is 0.432 e. The maximum Gasteiger partial charge on any atom is 0.231 e. The lowest BCUT2D eigenvalue weighted by atomic mass is 9.91. The van der Waals surface area contributed by atoms with Crippen LogP contribution in [-0.4, -0.2) is 25.9 Å². The number of alkyl halides is 1. The summed E-state index contributed by atoms with van der Waals surface area (Å²) in [7, 11) is 0. The van der Waals surface area contributed by atoms with Gasteiger partial charge in [-0.3, -0.25) is 4.68 Å². The summed E-state index contributed by atoms with van der Waals surface area (Å²) in [6.07, 6.45) is 3.46. The number of halogens is 3. The van der Waals surface area contributed by atoms with E-state index in [1.165, 1.54) is 18.5 Å². The molecule has 3 heterocycles. The first-order chi connectivity index (χ1) is 13.1. The van der Waals surface area contributed by atoms with E-state index in [-0.39, 0.29) is 11.9 Å². The lowest BCUT2D eigenvalue weighted by Crippen LogP contribution is -2.28. The van der Waals surface area contributed by atoms with Crippen LogP contribution in [0.25, 0.3) is 33.6 Å². The van der Waals surface area contributed by atoms with E-state index in [2.05, 4.69) is 32.6 Å². The zero-order valence-corrected chi connectivity index (χ0v) is 16.1. The van der Waals surface area contributed by atoms with E-state index in [1.807, 2.05) is 12.3 Å². The first-order valence-electron chi connectivity index (χ1n) is 8.48. The van der Waals surface area contributed by atoms with Crippen molar-refractivity contribution in [3.8, 4) is 22.5 Å². The predicted molar refractivity (Wildman–Crippen MR) is 104 cm³/mol. The molecular formula is C19H13F2IN4O. The molecule has 0 atom stereocenters. The van der Waals surface area contributed by atoms with Crippen molar-refractivity contribution >= 4 is 33.7 Å². The highest BCUT2D eigenvalue weighted by molar-refractivity contribution is 14.1. The van der Waals surface area contributed by atoms with Crippen LogP contribution < -0.4 is 0 Å². The van der Waals surface area contributed by atoms with Crippen LogP contribution in [0.1, 0.15) is 18.9 Å². The molecule has 4 aromatic rings. The molecule has 0 N–H and O–H groups in total. The first-order valence-corrected chi connectivity index (χ1v) is 9.56. The molecule has 1 aliphatic carbocycles. The summed E-state index contributed by atoms with van der Waals surface area (Å²) in [5.74, 6) is -0.312. The van der Waals surface area contributed by atoms with Crippen LogP contribution in [0.4, 0.5) is 8.78 Å². The van der Waals surface area contributed by atoms with Crippen molar-refractivity contribution in [3.63, 3.8) is 0 Å². The normalized spacial score (nSPS) is 19.4.